The molecule has 128 valence electrons. The van der Waals surface area contributed by atoms with Crippen LogP contribution in [0, 0.1) is 0 Å². The minimum atomic E-state index is -0.112. The molecule has 24 heavy (non-hydrogen) atoms. The Hall–Kier alpha value is -1.95. The van der Waals surface area contributed by atoms with Gasteiger partial charge in [-0.1, -0.05) is 31.4 Å². The predicted molar refractivity (Wildman–Crippen MR) is 97.6 cm³/mol. The van der Waals surface area contributed by atoms with Crippen LogP contribution in [0.4, 0.5) is 0 Å². The molecule has 0 radical (unpaired) electrons. The Morgan fingerprint density at radius 2 is 2.00 bits per heavy atom. The third kappa shape index (κ3) is 3.75. The molecule has 0 aromatic heterocycles. The molecule has 1 aliphatic carbocycles. The average molecular weight is 346 g/mol. The van der Waals surface area contributed by atoms with Crippen LogP contribution in [-0.4, -0.2) is 31.3 Å². The Bertz CT molecular complexity index is 679. The van der Waals surface area contributed by atoms with E-state index in [0.29, 0.717) is 27.6 Å². The number of amidine groups is 1. The van der Waals surface area contributed by atoms with Gasteiger partial charge in [-0.2, -0.15) is 0 Å². The maximum Gasteiger partial charge on any atom is 0.264 e. The molecule has 1 saturated carbocycles. The van der Waals surface area contributed by atoms with E-state index in [9.17, 15) is 4.79 Å². The van der Waals surface area contributed by atoms with E-state index in [4.69, 9.17) is 14.5 Å². The lowest BCUT2D eigenvalue weighted by Gasteiger charge is -2.17. The number of aliphatic imine (C=N–C) groups is 1. The van der Waals surface area contributed by atoms with Crippen LogP contribution in [0.2, 0.25) is 0 Å². The highest BCUT2D eigenvalue weighted by Crippen LogP contribution is 2.35. The normalized spacial score (nSPS) is 22.0. The Kier molecular flexibility index (Phi) is 5.45. The van der Waals surface area contributed by atoms with E-state index in [0.717, 1.165) is 18.4 Å². The second-order valence-corrected chi connectivity index (χ2v) is 6.90. The molecule has 0 spiro atoms. The van der Waals surface area contributed by atoms with Gasteiger partial charge >= 0.3 is 0 Å². The monoisotopic (exact) mass is 346 g/mol. The summed E-state index contributed by atoms with van der Waals surface area (Å²) in [5.74, 6) is 1.16. The van der Waals surface area contributed by atoms with Gasteiger partial charge in [-0.15, -0.1) is 0 Å². The SMILES string of the molecule is COc1cccc(/C=C2\SC(=NC3CCCCC3)NC2=O)c1OC. The molecule has 2 fully saturated rings. The van der Waals surface area contributed by atoms with Crippen LogP contribution in [0.15, 0.2) is 28.1 Å². The zero-order valence-corrected chi connectivity index (χ0v) is 14.8. The fourth-order valence-electron chi connectivity index (χ4n) is 3.03. The van der Waals surface area contributed by atoms with E-state index >= 15 is 0 Å². The number of rotatable bonds is 4. The Morgan fingerprint density at radius 1 is 1.21 bits per heavy atom. The molecule has 1 aromatic carbocycles. The van der Waals surface area contributed by atoms with Crippen molar-refractivity contribution in [2.24, 2.45) is 4.99 Å². The van der Waals surface area contributed by atoms with Crippen LogP contribution < -0.4 is 14.8 Å². The largest absolute Gasteiger partial charge is 0.493 e. The highest BCUT2D eigenvalue weighted by Gasteiger charge is 2.26. The van der Waals surface area contributed by atoms with Gasteiger partial charge in [-0.25, -0.2) is 0 Å². The highest BCUT2D eigenvalue weighted by atomic mass is 32.2. The van der Waals surface area contributed by atoms with E-state index in [1.165, 1.54) is 31.0 Å². The highest BCUT2D eigenvalue weighted by molar-refractivity contribution is 8.18. The summed E-state index contributed by atoms with van der Waals surface area (Å²) in [5, 5.41) is 3.58. The lowest BCUT2D eigenvalue weighted by molar-refractivity contribution is -0.115. The smallest absolute Gasteiger partial charge is 0.264 e. The minimum absolute atomic E-state index is 0.112. The summed E-state index contributed by atoms with van der Waals surface area (Å²) >= 11 is 1.39. The summed E-state index contributed by atoms with van der Waals surface area (Å²) in [4.78, 5) is 17.6. The van der Waals surface area contributed by atoms with E-state index in [2.05, 4.69) is 5.32 Å². The number of nitrogens with zero attached hydrogens (tertiary/aromatic N) is 1. The first-order chi connectivity index (χ1) is 11.7. The molecule has 0 unspecified atom stereocenters. The van der Waals surface area contributed by atoms with Gasteiger partial charge in [0.2, 0.25) is 0 Å². The van der Waals surface area contributed by atoms with Crippen LogP contribution in [0.5, 0.6) is 11.5 Å². The number of benzene rings is 1. The van der Waals surface area contributed by atoms with Crippen LogP contribution >= 0.6 is 11.8 Å². The number of para-hydroxylation sites is 1. The molecule has 0 bridgehead atoms. The molecule has 0 atom stereocenters. The van der Waals surface area contributed by atoms with Crippen molar-refractivity contribution >= 4 is 28.9 Å². The van der Waals surface area contributed by atoms with Crippen LogP contribution in [-0.2, 0) is 4.79 Å². The molecule has 1 N–H and O–H groups in total. The minimum Gasteiger partial charge on any atom is -0.493 e. The second-order valence-electron chi connectivity index (χ2n) is 5.87. The average Bonchev–Trinajstić information content (AvgIpc) is 2.94. The van der Waals surface area contributed by atoms with E-state index < -0.39 is 0 Å². The Labute approximate surface area is 146 Å². The molecule has 2 aliphatic rings. The maximum atomic E-state index is 12.2. The number of hydrogen-bond donors (Lipinski definition) is 1. The maximum absolute atomic E-state index is 12.2. The van der Waals surface area contributed by atoms with Crippen LogP contribution in [0.25, 0.3) is 6.08 Å². The van der Waals surface area contributed by atoms with E-state index in [1.54, 1.807) is 14.2 Å². The van der Waals surface area contributed by atoms with Gasteiger partial charge < -0.3 is 14.8 Å². The molecular weight excluding hydrogens is 324 g/mol. The number of hydrogen-bond acceptors (Lipinski definition) is 5. The lowest BCUT2D eigenvalue weighted by Crippen LogP contribution is -2.22. The molecule has 1 amide bonds. The zero-order valence-electron chi connectivity index (χ0n) is 14.0. The fourth-order valence-corrected chi connectivity index (χ4v) is 3.91. The Morgan fingerprint density at radius 3 is 2.71 bits per heavy atom. The molecule has 1 aromatic rings. The number of methoxy groups -OCH3 is 2. The molecule has 1 heterocycles. The van der Waals surface area contributed by atoms with Crippen molar-refractivity contribution in [1.29, 1.82) is 0 Å². The molecule has 3 rings (SSSR count). The standard InChI is InChI=1S/C18H22N2O3S/c1-22-14-10-6-7-12(16(14)23-2)11-15-17(21)20-18(24-15)19-13-8-4-3-5-9-13/h6-7,10-11,13H,3-5,8-9H2,1-2H3,(H,19,20,21)/b15-11-. The summed E-state index contributed by atoms with van der Waals surface area (Å²) in [5.41, 5.74) is 0.813. The van der Waals surface area contributed by atoms with Gasteiger partial charge in [-0.05, 0) is 36.7 Å². The third-order valence-corrected chi connectivity index (χ3v) is 5.17. The number of carbonyl (C=O) groups excluding carboxylic acids is 1. The summed E-state index contributed by atoms with van der Waals surface area (Å²) in [6.07, 6.45) is 7.80. The lowest BCUT2D eigenvalue weighted by atomic mass is 9.96. The van der Waals surface area contributed by atoms with Gasteiger partial charge in [-0.3, -0.25) is 9.79 Å². The second kappa shape index (κ2) is 7.75. The van der Waals surface area contributed by atoms with Crippen molar-refractivity contribution in [3.63, 3.8) is 0 Å². The van der Waals surface area contributed by atoms with Gasteiger partial charge in [0.15, 0.2) is 16.7 Å². The number of ether oxygens (including phenoxy) is 2. The molecule has 1 aliphatic heterocycles. The van der Waals surface area contributed by atoms with Crippen molar-refractivity contribution in [2.45, 2.75) is 38.1 Å². The summed E-state index contributed by atoms with van der Waals surface area (Å²) in [6.45, 7) is 0. The summed E-state index contributed by atoms with van der Waals surface area (Å²) in [6, 6.07) is 5.95. The Balaban J connectivity index is 1.81. The number of carbonyl (C=O) groups is 1. The van der Waals surface area contributed by atoms with Crippen LogP contribution in [0.3, 0.4) is 0 Å². The first kappa shape index (κ1) is 16.9. The van der Waals surface area contributed by atoms with Crippen molar-refractivity contribution < 1.29 is 14.3 Å². The van der Waals surface area contributed by atoms with Crippen molar-refractivity contribution in [3.8, 4) is 11.5 Å². The molecule has 5 nitrogen and oxygen atoms in total. The van der Waals surface area contributed by atoms with Gasteiger partial charge in [0.1, 0.15) is 0 Å². The first-order valence-electron chi connectivity index (χ1n) is 8.21. The van der Waals surface area contributed by atoms with E-state index in [1.807, 2.05) is 24.3 Å². The molecular formula is C18H22N2O3S. The summed E-state index contributed by atoms with van der Waals surface area (Å²) in [7, 11) is 3.19. The van der Waals surface area contributed by atoms with Gasteiger partial charge in [0.25, 0.3) is 5.91 Å². The third-order valence-electron chi connectivity index (χ3n) is 4.25. The number of amides is 1. The van der Waals surface area contributed by atoms with E-state index in [-0.39, 0.29) is 5.91 Å². The quantitative estimate of drug-likeness (QED) is 0.846. The van der Waals surface area contributed by atoms with Crippen molar-refractivity contribution in [3.05, 3.63) is 28.7 Å². The molecule has 1 saturated heterocycles. The number of thioether (sulfide) groups is 1. The number of nitrogens with one attached hydrogen (secondary N) is 1. The first-order valence-corrected chi connectivity index (χ1v) is 9.02. The van der Waals surface area contributed by atoms with Gasteiger partial charge in [0.05, 0.1) is 25.2 Å². The molecule has 6 heteroatoms. The zero-order chi connectivity index (χ0) is 16.9. The van der Waals surface area contributed by atoms with Gasteiger partial charge in [0, 0.05) is 5.56 Å². The van der Waals surface area contributed by atoms with Crippen molar-refractivity contribution in [2.75, 3.05) is 14.2 Å². The van der Waals surface area contributed by atoms with Crippen molar-refractivity contribution in [1.82, 2.24) is 5.32 Å². The fraction of sp³-hybridized carbons (Fsp3) is 0.444. The predicted octanol–water partition coefficient (Wildman–Crippen LogP) is 3.60. The topological polar surface area (TPSA) is 59.9 Å². The van der Waals surface area contributed by atoms with Crippen LogP contribution in [0.1, 0.15) is 37.7 Å². The summed E-state index contributed by atoms with van der Waals surface area (Å²) < 4.78 is 10.7.